The van der Waals surface area contributed by atoms with Gasteiger partial charge in [-0.25, -0.2) is 4.98 Å². The van der Waals surface area contributed by atoms with Gasteiger partial charge in [0.2, 0.25) is 5.89 Å². The highest BCUT2D eigenvalue weighted by Crippen LogP contribution is 2.66. The zero-order valence-electron chi connectivity index (χ0n) is 22.9. The number of carbonyl (C=O) groups is 2. The maximum absolute atomic E-state index is 14.2. The summed E-state index contributed by atoms with van der Waals surface area (Å²) >= 11 is 0. The molecule has 3 N–H and O–H groups in total. The lowest BCUT2D eigenvalue weighted by Crippen LogP contribution is -2.45. The van der Waals surface area contributed by atoms with Gasteiger partial charge in [-0.3, -0.25) is 9.59 Å². The Bertz CT molecular complexity index is 1110. The van der Waals surface area contributed by atoms with Crippen LogP contribution in [0.15, 0.2) is 28.4 Å². The Labute approximate surface area is 225 Å². The summed E-state index contributed by atoms with van der Waals surface area (Å²) in [5, 5.41) is 30.7. The third kappa shape index (κ3) is 6.63. The molecule has 218 valence electrons. The molecule has 0 radical (unpaired) electrons. The van der Waals surface area contributed by atoms with E-state index in [2.05, 4.69) is 4.98 Å². The third-order valence-electron chi connectivity index (χ3n) is 8.37. The number of aliphatic hydroxyl groups excluding tert-OH is 3. The van der Waals surface area contributed by atoms with Crippen molar-refractivity contribution in [3.63, 3.8) is 0 Å². The van der Waals surface area contributed by atoms with E-state index in [1.807, 2.05) is 0 Å². The van der Waals surface area contributed by atoms with Crippen LogP contribution in [0.5, 0.6) is 0 Å². The van der Waals surface area contributed by atoms with E-state index in [0.29, 0.717) is 11.3 Å². The van der Waals surface area contributed by atoms with Crippen molar-refractivity contribution in [3.8, 4) is 0 Å². The number of hydrogen-bond acceptors (Lipinski definition) is 8. The van der Waals surface area contributed by atoms with Crippen LogP contribution in [0.2, 0.25) is 0 Å². The lowest BCUT2D eigenvalue weighted by molar-refractivity contribution is -0.192. The number of hydrogen-bond donors (Lipinski definition) is 3. The number of carbonyl (C=O) groups excluding carboxylic acids is 2. The molecule has 0 bridgehead atoms. The van der Waals surface area contributed by atoms with Crippen molar-refractivity contribution in [2.75, 3.05) is 0 Å². The van der Waals surface area contributed by atoms with Gasteiger partial charge < -0.3 is 24.5 Å². The van der Waals surface area contributed by atoms with Crippen LogP contribution in [-0.4, -0.2) is 56.5 Å². The van der Waals surface area contributed by atoms with E-state index in [1.54, 1.807) is 13.8 Å². The zero-order chi connectivity index (χ0) is 29.3. The van der Waals surface area contributed by atoms with Crippen LogP contribution in [-0.2, 0) is 20.9 Å². The summed E-state index contributed by atoms with van der Waals surface area (Å²) in [5.41, 5.74) is -2.69. The third-order valence-corrected chi connectivity index (χ3v) is 8.37. The molecule has 2 heterocycles. The fourth-order valence-corrected chi connectivity index (χ4v) is 5.37. The van der Waals surface area contributed by atoms with E-state index in [9.17, 15) is 38.1 Å². The van der Waals surface area contributed by atoms with Gasteiger partial charge in [-0.2, -0.15) is 13.2 Å². The minimum atomic E-state index is -4.51. The molecule has 8 nitrogen and oxygen atoms in total. The van der Waals surface area contributed by atoms with E-state index < -0.39 is 77.9 Å². The summed E-state index contributed by atoms with van der Waals surface area (Å²) in [6, 6.07) is 0. The number of fused-ring (bicyclic) bond motifs is 1. The number of rotatable bonds is 3. The van der Waals surface area contributed by atoms with Crippen molar-refractivity contribution in [1.82, 2.24) is 4.98 Å². The number of alkyl halides is 3. The highest BCUT2D eigenvalue weighted by atomic mass is 19.4. The smallest absolute Gasteiger partial charge is 0.395 e. The summed E-state index contributed by atoms with van der Waals surface area (Å²) < 4.78 is 53.5. The number of Topliss-reactive ketones (excluding diaryl/α,β-unsaturated/α-hetero) is 1. The second-order valence-corrected chi connectivity index (χ2v) is 11.6. The van der Waals surface area contributed by atoms with E-state index in [-0.39, 0.29) is 25.2 Å². The molecule has 7 atom stereocenters. The van der Waals surface area contributed by atoms with Crippen LogP contribution in [0.4, 0.5) is 13.2 Å². The molecule has 2 unspecified atom stereocenters. The minimum absolute atomic E-state index is 0.0534. The molecule has 1 aliphatic carbocycles. The van der Waals surface area contributed by atoms with Gasteiger partial charge in [0.1, 0.15) is 30.5 Å². The van der Waals surface area contributed by atoms with Gasteiger partial charge in [0.25, 0.3) is 0 Å². The fourth-order valence-electron chi connectivity index (χ4n) is 5.37. The van der Waals surface area contributed by atoms with E-state index in [4.69, 9.17) is 9.15 Å². The Morgan fingerprint density at radius 3 is 2.49 bits per heavy atom. The molecule has 0 saturated heterocycles. The number of ketones is 1. The van der Waals surface area contributed by atoms with Crippen LogP contribution in [0, 0.1) is 28.6 Å². The molecular formula is C28H38F3NO7. The van der Waals surface area contributed by atoms with Crippen LogP contribution in [0.1, 0.15) is 71.9 Å². The predicted molar refractivity (Wildman–Crippen MR) is 135 cm³/mol. The van der Waals surface area contributed by atoms with Gasteiger partial charge in [0.05, 0.1) is 29.5 Å². The summed E-state index contributed by atoms with van der Waals surface area (Å²) in [4.78, 5) is 30.2. The van der Waals surface area contributed by atoms with Gasteiger partial charge in [-0.15, -0.1) is 0 Å². The summed E-state index contributed by atoms with van der Waals surface area (Å²) in [6.07, 6.45) is -3.65. The zero-order valence-corrected chi connectivity index (χ0v) is 22.9. The molecule has 3 rings (SSSR count). The molecule has 11 heteroatoms. The molecule has 1 aromatic heterocycles. The van der Waals surface area contributed by atoms with Gasteiger partial charge in [0.15, 0.2) is 0 Å². The summed E-state index contributed by atoms with van der Waals surface area (Å²) in [6.45, 7) is 7.24. The van der Waals surface area contributed by atoms with Gasteiger partial charge in [-0.1, -0.05) is 39.8 Å². The van der Waals surface area contributed by atoms with Gasteiger partial charge in [0, 0.05) is 11.8 Å². The highest BCUT2D eigenvalue weighted by molar-refractivity contribution is 5.88. The van der Waals surface area contributed by atoms with Crippen molar-refractivity contribution in [2.45, 2.75) is 91.4 Å². The number of allylic oxidation sites excluding steroid dienone is 1. The van der Waals surface area contributed by atoms with Gasteiger partial charge in [-0.05, 0) is 43.8 Å². The van der Waals surface area contributed by atoms with Crippen LogP contribution in [0.3, 0.4) is 0 Å². The molecule has 1 aromatic rings. The average Bonchev–Trinajstić information content (AvgIpc) is 3.38. The molecule has 1 saturated carbocycles. The molecule has 1 fully saturated rings. The van der Waals surface area contributed by atoms with Crippen LogP contribution >= 0.6 is 0 Å². The van der Waals surface area contributed by atoms with E-state index in [0.717, 1.165) is 0 Å². The molecular weight excluding hydrogens is 519 g/mol. The van der Waals surface area contributed by atoms with Crippen molar-refractivity contribution >= 4 is 17.8 Å². The average molecular weight is 558 g/mol. The van der Waals surface area contributed by atoms with Crippen molar-refractivity contribution in [2.24, 2.45) is 28.6 Å². The normalized spacial score (nSPS) is 34.9. The van der Waals surface area contributed by atoms with E-state index >= 15 is 0 Å². The number of ether oxygens (including phenoxy) is 1. The minimum Gasteiger partial charge on any atom is -0.458 e. The standard InChI is InChI=1S/C28H38F3NO7/c1-15-7-6-8-27(28(29,30)31)12-18(27)10-20(16(2)9-19-14-38-22(13-33)32-19)39-23(35)11-21(34)26(4,5)25(37)17(3)24(15)36/h6-7,9,14-15,17-18,20-21,24,33-34,36H,8,10-13H2,1-5H3/t15-,17+,18?,20-,21-,24-,27?/m0/s1. The van der Waals surface area contributed by atoms with Crippen LogP contribution < -0.4 is 0 Å². The highest BCUT2D eigenvalue weighted by Gasteiger charge is 2.69. The first-order valence-electron chi connectivity index (χ1n) is 13.1. The maximum atomic E-state index is 14.2. The topological polar surface area (TPSA) is 130 Å². The Hall–Kier alpha value is -2.50. The van der Waals surface area contributed by atoms with Crippen molar-refractivity contribution in [3.05, 3.63) is 35.6 Å². The number of aromatic nitrogens is 1. The first kappa shape index (κ1) is 31.0. The Morgan fingerprint density at radius 2 is 1.90 bits per heavy atom. The summed E-state index contributed by atoms with van der Waals surface area (Å²) in [5.74, 6) is -3.67. The molecule has 0 amide bonds. The van der Waals surface area contributed by atoms with Crippen molar-refractivity contribution < 1.29 is 47.2 Å². The Balaban J connectivity index is 1.98. The van der Waals surface area contributed by atoms with Crippen molar-refractivity contribution in [1.29, 1.82) is 0 Å². The monoisotopic (exact) mass is 557 g/mol. The van der Waals surface area contributed by atoms with Gasteiger partial charge >= 0.3 is 12.1 Å². The fraction of sp³-hybridized carbons (Fsp3) is 0.679. The number of halogens is 3. The lowest BCUT2D eigenvalue weighted by atomic mass is 9.73. The largest absolute Gasteiger partial charge is 0.458 e. The SMILES string of the molecule is CC(=Cc1coc(CO)n1)[C@@H]1CC2CC2(C(F)(F)F)CC=C[C@H](C)[C@H](O)[C@@H](C)C(=O)C(C)(C)[C@@H](O)CC(=O)O1. The number of aliphatic hydroxyl groups is 3. The Kier molecular flexibility index (Phi) is 9.19. The first-order valence-corrected chi connectivity index (χ1v) is 13.1. The quantitative estimate of drug-likeness (QED) is 0.369. The predicted octanol–water partition coefficient (Wildman–Crippen LogP) is 4.38. The lowest BCUT2D eigenvalue weighted by Gasteiger charge is -2.34. The molecule has 39 heavy (non-hydrogen) atoms. The van der Waals surface area contributed by atoms with Crippen LogP contribution in [0.25, 0.3) is 6.08 Å². The number of nitrogens with zero attached hydrogens (tertiary/aromatic N) is 1. The molecule has 0 spiro atoms. The number of esters is 1. The Morgan fingerprint density at radius 1 is 1.23 bits per heavy atom. The molecule has 2 aliphatic rings. The van der Waals surface area contributed by atoms with E-state index in [1.165, 1.54) is 45.3 Å². The number of cyclic esters (lactones) is 1. The second-order valence-electron chi connectivity index (χ2n) is 11.6. The molecule has 1 aliphatic heterocycles. The number of oxazole rings is 1. The summed E-state index contributed by atoms with van der Waals surface area (Å²) in [7, 11) is 0. The molecule has 0 aromatic carbocycles. The second kappa shape index (κ2) is 11.5. The maximum Gasteiger partial charge on any atom is 0.395 e. The first-order chi connectivity index (χ1) is 18.0.